The highest BCUT2D eigenvalue weighted by atomic mass is 16.5. The van der Waals surface area contributed by atoms with Crippen molar-refractivity contribution in [2.75, 3.05) is 0 Å². The number of hydrogen-bond donors (Lipinski definition) is 0. The Morgan fingerprint density at radius 1 is 1.44 bits per heavy atom. The highest BCUT2D eigenvalue weighted by Crippen LogP contribution is 2.43. The number of hydrogen-bond acceptors (Lipinski definition) is 2. The largest absolute Gasteiger partial charge is 0.459 e. The van der Waals surface area contributed by atoms with Crippen molar-refractivity contribution in [2.24, 2.45) is 11.3 Å². The van der Waals surface area contributed by atoms with Crippen LogP contribution < -0.4 is 0 Å². The Hall–Kier alpha value is -0.790. The molecule has 1 rings (SSSR count). The summed E-state index contributed by atoms with van der Waals surface area (Å²) in [5.41, 5.74) is 0.771. The minimum atomic E-state index is -0.256. The Morgan fingerprint density at radius 3 is 2.56 bits per heavy atom. The molecule has 0 spiro atoms. The molecule has 0 aromatic carbocycles. The molecule has 2 heteroatoms. The van der Waals surface area contributed by atoms with Crippen LogP contribution in [-0.4, -0.2) is 12.1 Å². The van der Waals surface area contributed by atoms with Crippen molar-refractivity contribution in [3.05, 3.63) is 12.2 Å². The van der Waals surface area contributed by atoms with Gasteiger partial charge in [-0.25, -0.2) is 4.79 Å². The molecule has 16 heavy (non-hydrogen) atoms. The van der Waals surface area contributed by atoms with Gasteiger partial charge in [0.05, 0.1) is 0 Å². The van der Waals surface area contributed by atoms with Crippen LogP contribution in [0.25, 0.3) is 0 Å². The second kappa shape index (κ2) is 5.03. The molecular weight excluding hydrogens is 200 g/mol. The number of carbonyl (C=O) groups excluding carboxylic acids is 1. The molecule has 0 bridgehead atoms. The molecule has 0 amide bonds. The number of esters is 1. The van der Waals surface area contributed by atoms with Gasteiger partial charge >= 0.3 is 5.97 Å². The van der Waals surface area contributed by atoms with E-state index in [9.17, 15) is 4.79 Å². The predicted octanol–water partition coefficient (Wildman–Crippen LogP) is 3.71. The normalized spacial score (nSPS) is 25.9. The van der Waals surface area contributed by atoms with Gasteiger partial charge in [-0.15, -0.1) is 0 Å². The van der Waals surface area contributed by atoms with Crippen LogP contribution in [0.3, 0.4) is 0 Å². The van der Waals surface area contributed by atoms with Gasteiger partial charge in [0.2, 0.25) is 0 Å². The van der Waals surface area contributed by atoms with Gasteiger partial charge in [-0.05, 0) is 32.1 Å². The first kappa shape index (κ1) is 13.3. The van der Waals surface area contributed by atoms with E-state index >= 15 is 0 Å². The topological polar surface area (TPSA) is 26.3 Å². The standard InChI is InChI=1S/C14H24O2/c1-10(2)13(15)16-11(3)12-8-6-7-9-14(12,4)5/h11-12H,1,6-9H2,2-5H3. The van der Waals surface area contributed by atoms with Gasteiger partial charge < -0.3 is 4.74 Å². The summed E-state index contributed by atoms with van der Waals surface area (Å²) in [6.45, 7) is 11.9. The number of ether oxygens (including phenoxy) is 1. The van der Waals surface area contributed by atoms with Gasteiger partial charge in [0, 0.05) is 11.5 Å². The van der Waals surface area contributed by atoms with E-state index in [0.717, 1.165) is 6.42 Å². The Labute approximate surface area is 99.1 Å². The molecule has 0 heterocycles. The zero-order valence-corrected chi connectivity index (χ0v) is 11.0. The van der Waals surface area contributed by atoms with Crippen molar-refractivity contribution in [1.82, 2.24) is 0 Å². The Kier molecular flexibility index (Phi) is 4.17. The van der Waals surface area contributed by atoms with E-state index in [0.29, 0.717) is 11.5 Å². The van der Waals surface area contributed by atoms with E-state index in [4.69, 9.17) is 4.74 Å². The maximum absolute atomic E-state index is 11.5. The number of rotatable bonds is 3. The second-order valence-electron chi connectivity index (χ2n) is 5.73. The fraction of sp³-hybridized carbons (Fsp3) is 0.786. The highest BCUT2D eigenvalue weighted by Gasteiger charge is 2.37. The van der Waals surface area contributed by atoms with Crippen molar-refractivity contribution < 1.29 is 9.53 Å². The molecule has 1 aliphatic rings. The highest BCUT2D eigenvalue weighted by molar-refractivity contribution is 5.87. The summed E-state index contributed by atoms with van der Waals surface area (Å²) in [6, 6.07) is 0. The maximum Gasteiger partial charge on any atom is 0.333 e. The predicted molar refractivity (Wildman–Crippen MR) is 66.1 cm³/mol. The summed E-state index contributed by atoms with van der Waals surface area (Å²) < 4.78 is 5.45. The third-order valence-electron chi connectivity index (χ3n) is 3.80. The van der Waals surface area contributed by atoms with Gasteiger partial charge in [0.15, 0.2) is 0 Å². The van der Waals surface area contributed by atoms with Crippen LogP contribution in [0.2, 0.25) is 0 Å². The summed E-state index contributed by atoms with van der Waals surface area (Å²) in [6.07, 6.45) is 4.94. The monoisotopic (exact) mass is 224 g/mol. The van der Waals surface area contributed by atoms with Gasteiger partial charge in [-0.3, -0.25) is 0 Å². The van der Waals surface area contributed by atoms with Crippen molar-refractivity contribution in [1.29, 1.82) is 0 Å². The minimum Gasteiger partial charge on any atom is -0.459 e. The van der Waals surface area contributed by atoms with E-state index in [1.165, 1.54) is 19.3 Å². The van der Waals surface area contributed by atoms with Crippen molar-refractivity contribution in [3.8, 4) is 0 Å². The van der Waals surface area contributed by atoms with E-state index in [1.807, 2.05) is 6.92 Å². The van der Waals surface area contributed by atoms with Crippen LogP contribution in [0, 0.1) is 11.3 Å². The Balaban J connectivity index is 2.61. The van der Waals surface area contributed by atoms with Gasteiger partial charge in [0.25, 0.3) is 0 Å². The van der Waals surface area contributed by atoms with Crippen LogP contribution >= 0.6 is 0 Å². The smallest absolute Gasteiger partial charge is 0.333 e. The van der Waals surface area contributed by atoms with Gasteiger partial charge in [-0.1, -0.05) is 33.3 Å². The third kappa shape index (κ3) is 3.10. The van der Waals surface area contributed by atoms with Crippen LogP contribution in [0.1, 0.15) is 53.4 Å². The van der Waals surface area contributed by atoms with Gasteiger partial charge in [-0.2, -0.15) is 0 Å². The van der Waals surface area contributed by atoms with Crippen molar-refractivity contribution >= 4 is 5.97 Å². The lowest BCUT2D eigenvalue weighted by Gasteiger charge is -2.41. The van der Waals surface area contributed by atoms with Crippen molar-refractivity contribution in [2.45, 2.75) is 59.5 Å². The summed E-state index contributed by atoms with van der Waals surface area (Å²) in [5, 5.41) is 0. The lowest BCUT2D eigenvalue weighted by atomic mass is 9.67. The van der Waals surface area contributed by atoms with Crippen LogP contribution in [0.4, 0.5) is 0 Å². The van der Waals surface area contributed by atoms with Crippen LogP contribution in [0.15, 0.2) is 12.2 Å². The lowest BCUT2D eigenvalue weighted by molar-refractivity contribution is -0.149. The Morgan fingerprint density at radius 2 is 2.06 bits per heavy atom. The quantitative estimate of drug-likeness (QED) is 0.539. The fourth-order valence-electron chi connectivity index (χ4n) is 2.74. The third-order valence-corrected chi connectivity index (χ3v) is 3.80. The van der Waals surface area contributed by atoms with E-state index in [1.54, 1.807) is 6.92 Å². The second-order valence-corrected chi connectivity index (χ2v) is 5.73. The first-order valence-electron chi connectivity index (χ1n) is 6.21. The molecule has 0 radical (unpaired) electrons. The van der Waals surface area contributed by atoms with E-state index in [2.05, 4.69) is 20.4 Å². The van der Waals surface area contributed by atoms with Crippen LogP contribution in [-0.2, 0) is 9.53 Å². The molecule has 0 N–H and O–H groups in total. The molecule has 1 saturated carbocycles. The lowest BCUT2D eigenvalue weighted by Crippen LogP contribution is -2.37. The molecule has 1 fully saturated rings. The molecule has 0 aromatic rings. The fourth-order valence-corrected chi connectivity index (χ4v) is 2.74. The van der Waals surface area contributed by atoms with E-state index < -0.39 is 0 Å². The van der Waals surface area contributed by atoms with Gasteiger partial charge in [0.1, 0.15) is 6.10 Å². The molecule has 0 saturated heterocycles. The zero-order valence-electron chi connectivity index (χ0n) is 11.0. The molecule has 2 atom stereocenters. The molecule has 0 aromatic heterocycles. The average molecular weight is 224 g/mol. The molecule has 2 nitrogen and oxygen atoms in total. The van der Waals surface area contributed by atoms with Crippen molar-refractivity contribution in [3.63, 3.8) is 0 Å². The summed E-state index contributed by atoms with van der Waals surface area (Å²) in [4.78, 5) is 11.5. The Bertz CT molecular complexity index is 278. The summed E-state index contributed by atoms with van der Waals surface area (Å²) >= 11 is 0. The minimum absolute atomic E-state index is 0.000463. The summed E-state index contributed by atoms with van der Waals surface area (Å²) in [5.74, 6) is 0.221. The SMILES string of the molecule is C=C(C)C(=O)OC(C)C1CCCCC1(C)C. The summed E-state index contributed by atoms with van der Waals surface area (Å²) in [7, 11) is 0. The first-order valence-corrected chi connectivity index (χ1v) is 6.21. The molecule has 92 valence electrons. The molecule has 2 unspecified atom stereocenters. The van der Waals surface area contributed by atoms with E-state index in [-0.39, 0.29) is 17.5 Å². The maximum atomic E-state index is 11.5. The first-order chi connectivity index (χ1) is 7.34. The molecule has 0 aliphatic heterocycles. The molecular formula is C14H24O2. The average Bonchev–Trinajstić information content (AvgIpc) is 2.16. The van der Waals surface area contributed by atoms with Crippen LogP contribution in [0.5, 0.6) is 0 Å². The molecule has 1 aliphatic carbocycles. The number of carbonyl (C=O) groups is 1. The zero-order chi connectivity index (χ0) is 12.3.